The third kappa shape index (κ3) is 4.86. The second kappa shape index (κ2) is 9.09. The molecule has 0 spiro atoms. The Bertz CT molecular complexity index is 1200. The Morgan fingerprint density at radius 3 is 2.27 bits per heavy atom. The summed E-state index contributed by atoms with van der Waals surface area (Å²) in [5, 5.41) is 0. The molecule has 1 aliphatic rings. The van der Waals surface area contributed by atoms with Crippen LogP contribution in [0.2, 0.25) is 0 Å². The van der Waals surface area contributed by atoms with Gasteiger partial charge in [0.05, 0.1) is 0 Å². The van der Waals surface area contributed by atoms with Gasteiger partial charge >= 0.3 is 10.5 Å². The number of rotatable bonds is 3. The number of aryl methyl sites for hydroxylation is 3. The lowest BCUT2D eigenvalue weighted by Gasteiger charge is -2.21. The van der Waals surface area contributed by atoms with Gasteiger partial charge in [0.25, 0.3) is 5.56 Å². The van der Waals surface area contributed by atoms with Crippen LogP contribution in [-0.4, -0.2) is 19.5 Å². The lowest BCUT2D eigenvalue weighted by Crippen LogP contribution is -2.19. The SMILES string of the molecule is Cc1cc(-c2cc(C)c(=O)n(C)c2)cc2c1CCN2Cc1ccccc1.N=S(=O)=O. The largest absolute Gasteiger partial charge is 0.367 e. The Labute approximate surface area is 177 Å². The van der Waals surface area contributed by atoms with Crippen molar-refractivity contribution in [2.45, 2.75) is 26.8 Å². The Hall–Kier alpha value is -3.19. The fraction of sp³-hybridized carbons (Fsp3) is 0.261. The van der Waals surface area contributed by atoms with Gasteiger partial charge in [-0.3, -0.25) is 4.79 Å². The third-order valence-electron chi connectivity index (χ3n) is 5.33. The molecule has 0 amide bonds. The summed E-state index contributed by atoms with van der Waals surface area (Å²) in [6, 6.07) is 17.2. The highest BCUT2D eigenvalue weighted by atomic mass is 32.2. The molecule has 0 aliphatic carbocycles. The number of fused-ring (bicyclic) bond motifs is 1. The number of pyridine rings is 1. The van der Waals surface area contributed by atoms with Crippen LogP contribution in [0.4, 0.5) is 5.69 Å². The van der Waals surface area contributed by atoms with Crippen molar-refractivity contribution in [3.8, 4) is 11.1 Å². The van der Waals surface area contributed by atoms with Crippen LogP contribution >= 0.6 is 0 Å². The Balaban J connectivity index is 0.000000589. The Morgan fingerprint density at radius 1 is 1.00 bits per heavy atom. The van der Waals surface area contributed by atoms with Crippen molar-refractivity contribution in [1.82, 2.24) is 4.57 Å². The molecule has 1 aromatic heterocycles. The van der Waals surface area contributed by atoms with Crippen LogP contribution in [0.3, 0.4) is 0 Å². The molecule has 0 unspecified atom stereocenters. The van der Waals surface area contributed by atoms with Crippen LogP contribution in [-0.2, 0) is 30.5 Å². The van der Waals surface area contributed by atoms with Gasteiger partial charge in [0, 0.05) is 37.6 Å². The van der Waals surface area contributed by atoms with E-state index in [2.05, 4.69) is 54.3 Å². The second-order valence-electron chi connectivity index (χ2n) is 7.51. The number of nitrogens with zero attached hydrogens (tertiary/aromatic N) is 2. The Morgan fingerprint density at radius 2 is 1.63 bits per heavy atom. The van der Waals surface area contributed by atoms with Gasteiger partial charge in [0.2, 0.25) is 0 Å². The van der Waals surface area contributed by atoms with E-state index in [1.807, 2.05) is 26.2 Å². The molecule has 1 aliphatic heterocycles. The fourth-order valence-corrected chi connectivity index (χ4v) is 3.94. The number of nitrogens with one attached hydrogen (secondary N) is 1. The van der Waals surface area contributed by atoms with Gasteiger partial charge in [-0.1, -0.05) is 36.4 Å². The third-order valence-corrected chi connectivity index (χ3v) is 5.33. The summed E-state index contributed by atoms with van der Waals surface area (Å²) < 4.78 is 24.5. The number of benzene rings is 2. The minimum Gasteiger partial charge on any atom is -0.367 e. The number of hydrogen-bond donors (Lipinski definition) is 1. The smallest absolute Gasteiger partial charge is 0.308 e. The molecule has 3 aromatic rings. The lowest BCUT2D eigenvalue weighted by molar-refractivity contribution is 0.620. The molecule has 30 heavy (non-hydrogen) atoms. The van der Waals surface area contributed by atoms with E-state index in [0.29, 0.717) is 0 Å². The molecule has 0 atom stereocenters. The van der Waals surface area contributed by atoms with Crippen molar-refractivity contribution in [2.24, 2.45) is 7.05 Å². The molecule has 1 N–H and O–H groups in total. The van der Waals surface area contributed by atoms with E-state index in [9.17, 15) is 4.79 Å². The average molecular weight is 424 g/mol. The van der Waals surface area contributed by atoms with E-state index in [-0.39, 0.29) is 5.56 Å². The molecule has 0 radical (unpaired) electrons. The summed E-state index contributed by atoms with van der Waals surface area (Å²) in [5.74, 6) is 0. The van der Waals surface area contributed by atoms with E-state index in [1.165, 1.54) is 27.9 Å². The first-order chi connectivity index (χ1) is 14.3. The van der Waals surface area contributed by atoms with Gasteiger partial charge < -0.3 is 9.47 Å². The first-order valence-corrected chi connectivity index (χ1v) is 10.7. The lowest BCUT2D eigenvalue weighted by atomic mass is 9.98. The predicted octanol–water partition coefficient (Wildman–Crippen LogP) is 3.86. The number of hydrogen-bond acceptors (Lipinski definition) is 5. The molecule has 4 rings (SSSR count). The molecular weight excluding hydrogens is 398 g/mol. The molecule has 0 saturated heterocycles. The molecule has 0 fully saturated rings. The van der Waals surface area contributed by atoms with Crippen LogP contribution in [0.15, 0.2) is 59.5 Å². The molecular formula is C23H25N3O3S. The Kier molecular flexibility index (Phi) is 6.52. The number of anilines is 1. The van der Waals surface area contributed by atoms with E-state index in [4.69, 9.17) is 13.2 Å². The van der Waals surface area contributed by atoms with Crippen molar-refractivity contribution >= 4 is 16.2 Å². The second-order valence-corrected chi connectivity index (χ2v) is 7.98. The maximum Gasteiger partial charge on any atom is 0.308 e. The molecule has 7 heteroatoms. The van der Waals surface area contributed by atoms with Crippen molar-refractivity contribution in [3.63, 3.8) is 0 Å². The van der Waals surface area contributed by atoms with E-state index >= 15 is 0 Å². The van der Waals surface area contributed by atoms with E-state index < -0.39 is 10.5 Å². The first kappa shape index (κ1) is 21.5. The zero-order valence-corrected chi connectivity index (χ0v) is 18.2. The van der Waals surface area contributed by atoms with Gasteiger partial charge in [-0.2, -0.15) is 13.2 Å². The van der Waals surface area contributed by atoms with Gasteiger partial charge in [0.15, 0.2) is 0 Å². The van der Waals surface area contributed by atoms with Crippen molar-refractivity contribution < 1.29 is 8.42 Å². The van der Waals surface area contributed by atoms with Crippen molar-refractivity contribution in [2.75, 3.05) is 11.4 Å². The highest BCUT2D eigenvalue weighted by molar-refractivity contribution is 7.60. The number of aromatic nitrogens is 1. The molecule has 2 aromatic carbocycles. The zero-order chi connectivity index (χ0) is 21.8. The average Bonchev–Trinajstić information content (AvgIpc) is 3.09. The van der Waals surface area contributed by atoms with Crippen LogP contribution in [0.25, 0.3) is 11.1 Å². The molecule has 0 bridgehead atoms. The fourth-order valence-electron chi connectivity index (χ4n) is 3.94. The van der Waals surface area contributed by atoms with Crippen LogP contribution in [0.5, 0.6) is 0 Å². The standard InChI is InChI=1S/C23H24N2O.HNO2S/c1-16-11-19(20-12-17(2)23(26)24(3)15-20)13-22-21(16)9-10-25(22)14-18-7-5-4-6-8-18;1-4(2)3/h4-8,11-13,15H,9-10,14H2,1-3H3;1H. The minimum absolute atomic E-state index is 0.0670. The topological polar surface area (TPSA) is 83.2 Å². The molecule has 6 nitrogen and oxygen atoms in total. The van der Waals surface area contributed by atoms with Gasteiger partial charge in [0.1, 0.15) is 0 Å². The summed E-state index contributed by atoms with van der Waals surface area (Å²) in [5.41, 5.74) is 8.58. The highest BCUT2D eigenvalue weighted by Gasteiger charge is 2.22. The van der Waals surface area contributed by atoms with Crippen LogP contribution < -0.4 is 10.5 Å². The van der Waals surface area contributed by atoms with E-state index in [0.717, 1.165) is 30.6 Å². The molecule has 0 saturated carbocycles. The summed E-state index contributed by atoms with van der Waals surface area (Å²) in [7, 11) is -0.791. The highest BCUT2D eigenvalue weighted by Crippen LogP contribution is 2.36. The van der Waals surface area contributed by atoms with Gasteiger partial charge in [-0.05, 0) is 60.2 Å². The maximum atomic E-state index is 12.0. The molecule has 156 valence electrons. The minimum atomic E-state index is -2.61. The predicted molar refractivity (Wildman–Crippen MR) is 119 cm³/mol. The van der Waals surface area contributed by atoms with Crippen molar-refractivity contribution in [3.05, 3.63) is 87.3 Å². The van der Waals surface area contributed by atoms with E-state index in [1.54, 1.807) is 4.57 Å². The quantitative estimate of drug-likeness (QED) is 0.693. The summed E-state index contributed by atoms with van der Waals surface area (Å²) in [4.78, 5) is 14.5. The maximum absolute atomic E-state index is 12.0. The summed E-state index contributed by atoms with van der Waals surface area (Å²) >= 11 is 0. The zero-order valence-electron chi connectivity index (χ0n) is 17.3. The van der Waals surface area contributed by atoms with Crippen LogP contribution in [0.1, 0.15) is 22.3 Å². The molecule has 2 heterocycles. The van der Waals surface area contributed by atoms with Crippen molar-refractivity contribution in [1.29, 1.82) is 4.78 Å². The first-order valence-electron chi connectivity index (χ1n) is 9.67. The normalized spacial score (nSPS) is 12.2. The summed E-state index contributed by atoms with van der Waals surface area (Å²) in [6.45, 7) is 6.07. The van der Waals surface area contributed by atoms with Crippen LogP contribution in [0, 0.1) is 18.6 Å². The van der Waals surface area contributed by atoms with Gasteiger partial charge in [-0.15, -0.1) is 0 Å². The monoisotopic (exact) mass is 423 g/mol. The van der Waals surface area contributed by atoms with Gasteiger partial charge in [-0.25, -0.2) is 0 Å². The summed E-state index contributed by atoms with van der Waals surface area (Å²) in [6.07, 6.45) is 3.04.